The van der Waals surface area contributed by atoms with Crippen LogP contribution in [0.2, 0.25) is 0 Å². The Hall–Kier alpha value is -3.65. The molecule has 32 heavy (non-hydrogen) atoms. The van der Waals surface area contributed by atoms with Gasteiger partial charge < -0.3 is 0 Å². The summed E-state index contributed by atoms with van der Waals surface area (Å²) < 4.78 is 0. The first kappa shape index (κ1) is 20.3. The van der Waals surface area contributed by atoms with E-state index in [1.807, 2.05) is 50.3 Å². The minimum atomic E-state index is -0.188. The molecule has 0 spiro atoms. The van der Waals surface area contributed by atoms with Crippen LogP contribution in [0.5, 0.6) is 0 Å². The molecule has 5 heteroatoms. The summed E-state index contributed by atoms with van der Waals surface area (Å²) in [6, 6.07) is 16.3. The lowest BCUT2D eigenvalue weighted by Crippen LogP contribution is -2.31. The van der Waals surface area contributed by atoms with Crippen LogP contribution in [-0.2, 0) is 11.2 Å². The van der Waals surface area contributed by atoms with Gasteiger partial charge in [-0.2, -0.15) is 5.26 Å². The molecule has 3 unspecified atom stereocenters. The summed E-state index contributed by atoms with van der Waals surface area (Å²) in [5.41, 5.74) is 6.17. The second kappa shape index (κ2) is 8.12. The zero-order chi connectivity index (χ0) is 22.2. The molecule has 0 fully saturated rings. The first-order valence-corrected chi connectivity index (χ1v) is 11.1. The van der Waals surface area contributed by atoms with Crippen LogP contribution < -0.4 is 0 Å². The van der Waals surface area contributed by atoms with Gasteiger partial charge in [-0.25, -0.2) is 9.97 Å². The van der Waals surface area contributed by atoms with E-state index in [1.165, 1.54) is 0 Å². The van der Waals surface area contributed by atoms with Crippen molar-refractivity contribution in [1.29, 1.82) is 5.26 Å². The number of carbonyl (C=O) groups is 1. The van der Waals surface area contributed by atoms with Gasteiger partial charge in [0.05, 0.1) is 17.0 Å². The number of carbonyl (C=O) groups excluding carboxylic acids is 1. The fraction of sp³-hybridized carbons (Fsp3) is 0.296. The topological polar surface area (TPSA) is 79.5 Å². The van der Waals surface area contributed by atoms with E-state index < -0.39 is 0 Å². The molecule has 158 valence electrons. The van der Waals surface area contributed by atoms with Crippen LogP contribution in [0.25, 0.3) is 22.6 Å². The zero-order valence-corrected chi connectivity index (χ0v) is 18.2. The number of rotatable bonds is 2. The van der Waals surface area contributed by atoms with Crippen molar-refractivity contribution in [1.82, 2.24) is 15.0 Å². The number of nitriles is 1. The highest BCUT2D eigenvalue weighted by atomic mass is 16.1. The Labute approximate surface area is 187 Å². The fourth-order valence-corrected chi connectivity index (χ4v) is 5.13. The monoisotopic (exact) mass is 420 g/mol. The molecule has 0 amide bonds. The van der Waals surface area contributed by atoms with Gasteiger partial charge in [-0.3, -0.25) is 9.78 Å². The zero-order valence-electron chi connectivity index (χ0n) is 18.2. The van der Waals surface area contributed by atoms with Crippen molar-refractivity contribution in [3.05, 3.63) is 77.3 Å². The van der Waals surface area contributed by atoms with Gasteiger partial charge in [0.15, 0.2) is 11.6 Å². The van der Waals surface area contributed by atoms with E-state index in [-0.39, 0.29) is 29.1 Å². The Morgan fingerprint density at radius 1 is 1.09 bits per heavy atom. The van der Waals surface area contributed by atoms with Crippen LogP contribution in [0.3, 0.4) is 0 Å². The Kier molecular flexibility index (Phi) is 5.14. The molecule has 0 saturated heterocycles. The largest absolute Gasteiger partial charge is 0.293 e. The molecule has 0 N–H and O–H groups in total. The van der Waals surface area contributed by atoms with E-state index in [1.54, 1.807) is 6.20 Å². The molecular weight excluding hydrogens is 396 g/mol. The maximum absolute atomic E-state index is 12.7. The molecule has 0 aliphatic heterocycles. The highest BCUT2D eigenvalue weighted by Crippen LogP contribution is 2.45. The van der Waals surface area contributed by atoms with Gasteiger partial charge in [-0.15, -0.1) is 0 Å². The summed E-state index contributed by atoms with van der Waals surface area (Å²) in [6.45, 7) is 3.92. The van der Waals surface area contributed by atoms with Crippen LogP contribution in [0.15, 0.2) is 60.3 Å². The van der Waals surface area contributed by atoms with Gasteiger partial charge in [0.25, 0.3) is 0 Å². The van der Waals surface area contributed by atoms with Crippen molar-refractivity contribution in [3.8, 4) is 28.7 Å². The number of ketones is 1. The Morgan fingerprint density at radius 2 is 1.91 bits per heavy atom. The molecule has 3 aromatic rings. The molecule has 2 aliphatic rings. The van der Waals surface area contributed by atoms with Crippen molar-refractivity contribution >= 4 is 5.78 Å². The number of allylic oxidation sites excluding steroid dienone is 2. The summed E-state index contributed by atoms with van der Waals surface area (Å²) in [5, 5.41) is 9.60. The second-order valence-electron chi connectivity index (χ2n) is 8.74. The summed E-state index contributed by atoms with van der Waals surface area (Å²) >= 11 is 0. The van der Waals surface area contributed by atoms with Gasteiger partial charge in [-0.05, 0) is 44.2 Å². The molecule has 3 atom stereocenters. The van der Waals surface area contributed by atoms with Gasteiger partial charge >= 0.3 is 0 Å². The van der Waals surface area contributed by atoms with Gasteiger partial charge in [-0.1, -0.05) is 43.3 Å². The third kappa shape index (κ3) is 3.42. The van der Waals surface area contributed by atoms with Crippen LogP contribution in [0.4, 0.5) is 0 Å². The lowest BCUT2D eigenvalue weighted by Gasteiger charge is -2.32. The minimum absolute atomic E-state index is 0.0421. The van der Waals surface area contributed by atoms with Crippen molar-refractivity contribution in [2.75, 3.05) is 0 Å². The maximum Gasteiger partial charge on any atom is 0.176 e. The van der Waals surface area contributed by atoms with E-state index >= 15 is 0 Å². The van der Waals surface area contributed by atoms with Crippen LogP contribution in [-0.4, -0.2) is 20.7 Å². The standard InChI is InChI=1S/C27H24N4O/c1-16-13-19(11-12-29-16)27-30-24(18-7-4-3-5-8-18)22-10-6-9-21-17(2)26(32)20(15-28)14-23(21)25(22)31-27/h3-5,7-8,11-14,17,21,23H,6,9-10H2,1-2H3. The predicted molar refractivity (Wildman–Crippen MR) is 122 cm³/mol. The number of aromatic nitrogens is 3. The lowest BCUT2D eigenvalue weighted by atomic mass is 9.71. The summed E-state index contributed by atoms with van der Waals surface area (Å²) in [6.07, 6.45) is 6.40. The van der Waals surface area contributed by atoms with E-state index in [0.29, 0.717) is 5.82 Å². The van der Waals surface area contributed by atoms with Gasteiger partial charge in [0.2, 0.25) is 0 Å². The Morgan fingerprint density at radius 3 is 2.66 bits per heavy atom. The number of hydrogen-bond donors (Lipinski definition) is 0. The minimum Gasteiger partial charge on any atom is -0.293 e. The predicted octanol–water partition coefficient (Wildman–Crippen LogP) is 5.22. The molecule has 2 aromatic heterocycles. The number of fused-ring (bicyclic) bond motifs is 3. The molecule has 0 saturated carbocycles. The molecular formula is C27H24N4O. The third-order valence-electron chi connectivity index (χ3n) is 6.77. The smallest absolute Gasteiger partial charge is 0.176 e. The number of benzene rings is 1. The highest BCUT2D eigenvalue weighted by Gasteiger charge is 2.40. The first-order chi connectivity index (χ1) is 15.6. The second-order valence-corrected chi connectivity index (χ2v) is 8.74. The van der Waals surface area contributed by atoms with Crippen molar-refractivity contribution in [3.63, 3.8) is 0 Å². The summed E-state index contributed by atoms with van der Waals surface area (Å²) in [7, 11) is 0. The highest BCUT2D eigenvalue weighted by molar-refractivity contribution is 6.01. The summed E-state index contributed by atoms with van der Waals surface area (Å²) in [4.78, 5) is 27.1. The van der Waals surface area contributed by atoms with E-state index in [9.17, 15) is 10.1 Å². The molecule has 5 rings (SSSR count). The number of aryl methyl sites for hydroxylation is 1. The van der Waals surface area contributed by atoms with Crippen molar-refractivity contribution < 1.29 is 4.79 Å². The third-order valence-corrected chi connectivity index (χ3v) is 6.77. The quantitative estimate of drug-likeness (QED) is 0.568. The van der Waals surface area contributed by atoms with Crippen LogP contribution in [0.1, 0.15) is 42.6 Å². The lowest BCUT2D eigenvalue weighted by molar-refractivity contribution is -0.120. The average Bonchev–Trinajstić information content (AvgIpc) is 3.01. The first-order valence-electron chi connectivity index (χ1n) is 11.1. The number of pyridine rings is 1. The van der Waals surface area contributed by atoms with E-state index in [0.717, 1.165) is 53.0 Å². The average molecular weight is 421 g/mol. The van der Waals surface area contributed by atoms with Crippen LogP contribution in [0, 0.1) is 30.1 Å². The fourth-order valence-electron chi connectivity index (χ4n) is 5.13. The molecule has 5 nitrogen and oxygen atoms in total. The molecule has 0 radical (unpaired) electrons. The van der Waals surface area contributed by atoms with Gasteiger partial charge in [0.1, 0.15) is 6.07 Å². The molecule has 0 bridgehead atoms. The Balaban J connectivity index is 1.79. The molecule has 1 aromatic carbocycles. The molecule has 2 aliphatic carbocycles. The molecule has 2 heterocycles. The van der Waals surface area contributed by atoms with E-state index in [4.69, 9.17) is 9.97 Å². The number of nitrogens with zero attached hydrogens (tertiary/aromatic N) is 4. The number of hydrogen-bond acceptors (Lipinski definition) is 5. The van der Waals surface area contributed by atoms with Gasteiger partial charge in [0, 0.05) is 40.4 Å². The van der Waals surface area contributed by atoms with E-state index in [2.05, 4.69) is 23.2 Å². The SMILES string of the molecule is Cc1cc(-c2nc(-c3ccccc3)c3c(n2)C2C=C(C#N)C(=O)C(C)C2CCC3)ccn1. The van der Waals surface area contributed by atoms with Crippen molar-refractivity contribution in [2.45, 2.75) is 39.0 Å². The number of Topliss-reactive ketones (excluding diaryl/α,β-unsaturated/α-hetero) is 1. The summed E-state index contributed by atoms with van der Waals surface area (Å²) in [5.74, 6) is 0.505. The van der Waals surface area contributed by atoms with Crippen molar-refractivity contribution in [2.24, 2.45) is 11.8 Å². The van der Waals surface area contributed by atoms with Crippen LogP contribution >= 0.6 is 0 Å². The maximum atomic E-state index is 12.7. The normalized spacial score (nSPS) is 22.2. The Bertz CT molecular complexity index is 1270.